The summed E-state index contributed by atoms with van der Waals surface area (Å²) in [4.78, 5) is 32.0. The van der Waals surface area contributed by atoms with Gasteiger partial charge in [0.05, 0.1) is 4.91 Å². The molecule has 0 aromatic heterocycles. The van der Waals surface area contributed by atoms with Gasteiger partial charge in [-0.05, 0) is 48.7 Å². The van der Waals surface area contributed by atoms with Gasteiger partial charge in [0, 0.05) is 49.9 Å². The average Bonchev–Trinajstić information content (AvgIpc) is 3.13. The average molecular weight is 514 g/mol. The van der Waals surface area contributed by atoms with E-state index in [1.54, 1.807) is 17.0 Å². The molecule has 4 rings (SSSR count). The lowest BCUT2D eigenvalue weighted by atomic mass is 10.1. The number of thiocarbonyl (C=S) groups is 1. The van der Waals surface area contributed by atoms with Crippen molar-refractivity contribution in [3.05, 3.63) is 70.1 Å². The summed E-state index contributed by atoms with van der Waals surface area (Å²) < 4.78 is 0.595. The number of nitrogens with zero attached hydrogens (tertiary/aromatic N) is 3. The van der Waals surface area contributed by atoms with Crippen molar-refractivity contribution in [1.29, 1.82) is 0 Å². The van der Waals surface area contributed by atoms with Gasteiger partial charge in [-0.2, -0.15) is 0 Å². The molecule has 2 aliphatic rings. The summed E-state index contributed by atoms with van der Waals surface area (Å²) in [6, 6.07) is 17.7. The molecule has 178 valence electrons. The van der Waals surface area contributed by atoms with Gasteiger partial charge in [0.25, 0.3) is 5.91 Å². The van der Waals surface area contributed by atoms with E-state index in [-0.39, 0.29) is 11.8 Å². The molecule has 0 spiro atoms. The summed E-state index contributed by atoms with van der Waals surface area (Å²) in [6.45, 7) is 3.86. The molecule has 2 aliphatic heterocycles. The summed E-state index contributed by atoms with van der Waals surface area (Å²) in [7, 11) is 0. The molecule has 0 radical (unpaired) electrons. The van der Waals surface area contributed by atoms with Crippen LogP contribution in [-0.2, 0) is 9.59 Å². The first-order valence-corrected chi connectivity index (χ1v) is 13.2. The molecule has 2 aromatic carbocycles. The molecule has 2 amide bonds. The molecular formula is C26H28ClN3O2S2. The topological polar surface area (TPSA) is 43.9 Å². The molecule has 0 aliphatic carbocycles. The van der Waals surface area contributed by atoms with E-state index in [0.29, 0.717) is 27.2 Å². The monoisotopic (exact) mass is 513 g/mol. The van der Waals surface area contributed by atoms with Gasteiger partial charge in [-0.3, -0.25) is 14.5 Å². The number of anilines is 1. The molecule has 2 fully saturated rings. The second-order valence-corrected chi connectivity index (χ2v) is 10.5. The summed E-state index contributed by atoms with van der Waals surface area (Å²) >= 11 is 12.7. The smallest absolute Gasteiger partial charge is 0.266 e. The fourth-order valence-corrected chi connectivity index (χ4v) is 5.57. The van der Waals surface area contributed by atoms with Crippen LogP contribution in [0.2, 0.25) is 5.02 Å². The summed E-state index contributed by atoms with van der Waals surface area (Å²) in [5.41, 5.74) is 2.14. The lowest BCUT2D eigenvalue weighted by molar-refractivity contribution is -0.131. The number of amides is 2. The first-order valence-electron chi connectivity index (χ1n) is 11.6. The Morgan fingerprint density at radius 2 is 1.68 bits per heavy atom. The number of rotatable bonds is 8. The lowest BCUT2D eigenvalue weighted by Gasteiger charge is -2.36. The number of unbranched alkanes of at least 4 members (excludes halogenated alkanes) is 2. The molecule has 0 atom stereocenters. The van der Waals surface area contributed by atoms with Gasteiger partial charge in [0.15, 0.2) is 0 Å². The first-order chi connectivity index (χ1) is 16.5. The number of piperazine rings is 1. The van der Waals surface area contributed by atoms with Crippen LogP contribution in [0.4, 0.5) is 5.69 Å². The van der Waals surface area contributed by atoms with E-state index in [9.17, 15) is 9.59 Å². The van der Waals surface area contributed by atoms with E-state index < -0.39 is 0 Å². The van der Waals surface area contributed by atoms with Gasteiger partial charge >= 0.3 is 0 Å². The Morgan fingerprint density at radius 3 is 2.38 bits per heavy atom. The molecule has 0 saturated carbocycles. The van der Waals surface area contributed by atoms with Crippen LogP contribution in [0.3, 0.4) is 0 Å². The predicted octanol–water partition coefficient (Wildman–Crippen LogP) is 5.45. The molecule has 2 aromatic rings. The number of hydrogen-bond acceptors (Lipinski definition) is 5. The van der Waals surface area contributed by atoms with Crippen LogP contribution in [-0.4, -0.2) is 58.7 Å². The zero-order valence-electron chi connectivity index (χ0n) is 19.0. The zero-order valence-corrected chi connectivity index (χ0v) is 21.4. The Morgan fingerprint density at radius 1 is 0.971 bits per heavy atom. The molecule has 8 heteroatoms. The molecule has 2 saturated heterocycles. The van der Waals surface area contributed by atoms with Gasteiger partial charge in [-0.1, -0.05) is 72.3 Å². The predicted molar refractivity (Wildman–Crippen MR) is 145 cm³/mol. The zero-order chi connectivity index (χ0) is 23.9. The van der Waals surface area contributed by atoms with Crippen LogP contribution in [0.25, 0.3) is 6.08 Å². The van der Waals surface area contributed by atoms with Crippen molar-refractivity contribution in [1.82, 2.24) is 9.80 Å². The third kappa shape index (κ3) is 6.40. The van der Waals surface area contributed by atoms with Gasteiger partial charge in [-0.15, -0.1) is 0 Å². The summed E-state index contributed by atoms with van der Waals surface area (Å²) in [5.74, 6) is 0.182. The highest BCUT2D eigenvalue weighted by Gasteiger charge is 2.31. The van der Waals surface area contributed by atoms with E-state index in [1.807, 2.05) is 41.3 Å². The fourth-order valence-electron chi connectivity index (χ4n) is 4.14. The quantitative estimate of drug-likeness (QED) is 0.267. The molecule has 0 unspecified atom stereocenters. The van der Waals surface area contributed by atoms with Crippen LogP contribution in [0.15, 0.2) is 59.5 Å². The first kappa shape index (κ1) is 24.8. The van der Waals surface area contributed by atoms with Crippen LogP contribution in [0, 0.1) is 0 Å². The third-order valence-corrected chi connectivity index (χ3v) is 7.70. The number of hydrogen-bond donors (Lipinski definition) is 0. The maximum Gasteiger partial charge on any atom is 0.266 e. The minimum Gasteiger partial charge on any atom is -0.368 e. The normalized spacial score (nSPS) is 17.7. The van der Waals surface area contributed by atoms with Crippen molar-refractivity contribution in [3.63, 3.8) is 0 Å². The van der Waals surface area contributed by atoms with E-state index in [4.69, 9.17) is 23.8 Å². The second kappa shape index (κ2) is 11.9. The Hall–Kier alpha value is -2.35. The Kier molecular flexibility index (Phi) is 8.64. The Bertz CT molecular complexity index is 1050. The standard InChI is InChI=1S/C26H28ClN3O2S2/c27-21-12-10-20(11-13-21)19-23-25(32)30(26(33)34-23)14-6-2-5-9-24(31)29-17-15-28(16-18-29)22-7-3-1-4-8-22/h1,3-4,7-8,10-13,19H,2,5-6,9,14-18H2. The van der Waals surface area contributed by atoms with Crippen LogP contribution >= 0.6 is 35.6 Å². The van der Waals surface area contributed by atoms with Gasteiger partial charge in [-0.25, -0.2) is 0 Å². The van der Waals surface area contributed by atoms with Gasteiger partial charge in [0.2, 0.25) is 5.91 Å². The molecular weight excluding hydrogens is 486 g/mol. The highest BCUT2D eigenvalue weighted by molar-refractivity contribution is 8.26. The largest absolute Gasteiger partial charge is 0.368 e. The number of carbonyl (C=O) groups is 2. The Balaban J connectivity index is 1.16. The van der Waals surface area contributed by atoms with Gasteiger partial charge in [0.1, 0.15) is 4.32 Å². The SMILES string of the molecule is O=C(CCCCCN1C(=O)C(=Cc2ccc(Cl)cc2)SC1=S)N1CCN(c2ccccc2)CC1. The lowest BCUT2D eigenvalue weighted by Crippen LogP contribution is -2.48. The number of carbonyl (C=O) groups excluding carboxylic acids is 2. The second-order valence-electron chi connectivity index (χ2n) is 8.40. The molecule has 5 nitrogen and oxygen atoms in total. The summed E-state index contributed by atoms with van der Waals surface area (Å²) in [6.07, 6.45) is 4.96. The van der Waals surface area contributed by atoms with Crippen molar-refractivity contribution >= 4 is 63.5 Å². The number of thioether (sulfide) groups is 1. The number of benzene rings is 2. The molecule has 0 bridgehead atoms. The molecule has 0 N–H and O–H groups in total. The maximum absolute atomic E-state index is 12.8. The minimum atomic E-state index is -0.0442. The van der Waals surface area contributed by atoms with Crippen LogP contribution < -0.4 is 4.90 Å². The van der Waals surface area contributed by atoms with Crippen molar-refractivity contribution in [3.8, 4) is 0 Å². The van der Waals surface area contributed by atoms with E-state index in [1.165, 1.54) is 17.4 Å². The molecule has 2 heterocycles. The number of para-hydroxylation sites is 1. The Labute approximate surface area is 215 Å². The van der Waals surface area contributed by atoms with Crippen LogP contribution in [0.5, 0.6) is 0 Å². The third-order valence-electron chi connectivity index (χ3n) is 6.07. The van der Waals surface area contributed by atoms with Crippen LogP contribution in [0.1, 0.15) is 31.2 Å². The van der Waals surface area contributed by atoms with Crippen molar-refractivity contribution in [2.75, 3.05) is 37.6 Å². The minimum absolute atomic E-state index is 0.0442. The van der Waals surface area contributed by atoms with E-state index >= 15 is 0 Å². The summed E-state index contributed by atoms with van der Waals surface area (Å²) in [5, 5.41) is 0.664. The van der Waals surface area contributed by atoms with Crippen molar-refractivity contribution < 1.29 is 9.59 Å². The highest BCUT2D eigenvalue weighted by Crippen LogP contribution is 2.33. The van der Waals surface area contributed by atoms with Gasteiger partial charge < -0.3 is 9.80 Å². The molecule has 34 heavy (non-hydrogen) atoms. The number of halogens is 1. The van der Waals surface area contributed by atoms with E-state index in [2.05, 4.69) is 17.0 Å². The maximum atomic E-state index is 12.8. The highest BCUT2D eigenvalue weighted by atomic mass is 35.5. The fraction of sp³-hybridized carbons (Fsp3) is 0.346. The van der Waals surface area contributed by atoms with Crippen molar-refractivity contribution in [2.24, 2.45) is 0 Å². The van der Waals surface area contributed by atoms with Crippen molar-refractivity contribution in [2.45, 2.75) is 25.7 Å². The van der Waals surface area contributed by atoms with E-state index in [0.717, 1.165) is 51.0 Å².